The van der Waals surface area contributed by atoms with Crippen LogP contribution in [0.4, 0.5) is 5.13 Å². The summed E-state index contributed by atoms with van der Waals surface area (Å²) in [5.74, 6) is 0. The summed E-state index contributed by atoms with van der Waals surface area (Å²) in [7, 11) is 0. The Bertz CT molecular complexity index is 563. The highest BCUT2D eigenvalue weighted by Gasteiger charge is 2.27. The predicted octanol–water partition coefficient (Wildman–Crippen LogP) is 4.04. The fraction of sp³-hybridized carbons (Fsp3) is 0.462. The van der Waals surface area contributed by atoms with E-state index in [-0.39, 0.29) is 5.54 Å². The van der Waals surface area contributed by atoms with Gasteiger partial charge >= 0.3 is 0 Å². The summed E-state index contributed by atoms with van der Waals surface area (Å²) in [6, 6.07) is 6.19. The maximum Gasteiger partial charge on any atom is 0.184 e. The van der Waals surface area contributed by atoms with Crippen molar-refractivity contribution in [3.63, 3.8) is 0 Å². The molecule has 1 aromatic heterocycles. The second-order valence-electron chi connectivity index (χ2n) is 4.93. The molecule has 1 fully saturated rings. The molecule has 0 amide bonds. The number of thiazole rings is 1. The minimum absolute atomic E-state index is 0.114. The summed E-state index contributed by atoms with van der Waals surface area (Å²) in [5.41, 5.74) is 1.17. The van der Waals surface area contributed by atoms with E-state index < -0.39 is 0 Å². The Morgan fingerprint density at radius 1 is 1.39 bits per heavy atom. The van der Waals surface area contributed by atoms with Crippen LogP contribution in [0.25, 0.3) is 10.2 Å². The summed E-state index contributed by atoms with van der Waals surface area (Å²) in [6.45, 7) is 3.91. The smallest absolute Gasteiger partial charge is 0.184 e. The van der Waals surface area contributed by atoms with Crippen molar-refractivity contribution in [3.8, 4) is 0 Å². The van der Waals surface area contributed by atoms with Gasteiger partial charge in [0.05, 0.1) is 10.2 Å². The van der Waals surface area contributed by atoms with Gasteiger partial charge in [-0.15, -0.1) is 0 Å². The number of anilines is 1. The van der Waals surface area contributed by atoms with Gasteiger partial charge in [0, 0.05) is 23.2 Å². The number of halogens is 1. The fourth-order valence-electron chi connectivity index (χ4n) is 2.16. The van der Waals surface area contributed by atoms with Crippen LogP contribution >= 0.6 is 27.3 Å². The van der Waals surface area contributed by atoms with Crippen LogP contribution < -0.4 is 5.32 Å². The van der Waals surface area contributed by atoms with Crippen LogP contribution in [-0.2, 0) is 4.74 Å². The molecule has 2 heterocycles. The standard InChI is InChI=1S/C13H15BrN2OS/c1-13(4-6-17-7-5-13)16-12-15-10-3-2-9(14)8-11(10)18-12/h2-3,8H,4-7H2,1H3,(H,15,16). The SMILES string of the molecule is CC1(Nc2nc3ccc(Br)cc3s2)CCOCC1. The molecule has 96 valence electrons. The average Bonchev–Trinajstić information content (AvgIpc) is 2.70. The van der Waals surface area contributed by atoms with E-state index in [2.05, 4.69) is 39.2 Å². The average molecular weight is 327 g/mol. The summed E-state index contributed by atoms with van der Waals surface area (Å²) < 4.78 is 7.72. The van der Waals surface area contributed by atoms with Crippen molar-refractivity contribution >= 4 is 42.6 Å². The Balaban J connectivity index is 1.86. The summed E-state index contributed by atoms with van der Waals surface area (Å²) in [4.78, 5) is 4.64. The largest absolute Gasteiger partial charge is 0.381 e. The van der Waals surface area contributed by atoms with Gasteiger partial charge in [-0.1, -0.05) is 27.3 Å². The molecule has 1 aliphatic heterocycles. The third-order valence-electron chi connectivity index (χ3n) is 3.36. The number of aromatic nitrogens is 1. The second-order valence-corrected chi connectivity index (χ2v) is 6.88. The molecule has 0 spiro atoms. The zero-order chi connectivity index (χ0) is 12.6. The lowest BCUT2D eigenvalue weighted by Crippen LogP contribution is -2.40. The van der Waals surface area contributed by atoms with Gasteiger partial charge in [-0.2, -0.15) is 0 Å². The van der Waals surface area contributed by atoms with Gasteiger partial charge in [-0.25, -0.2) is 4.98 Å². The normalized spacial score (nSPS) is 19.0. The van der Waals surface area contributed by atoms with Crippen molar-refractivity contribution in [2.24, 2.45) is 0 Å². The van der Waals surface area contributed by atoms with Crippen molar-refractivity contribution in [2.75, 3.05) is 18.5 Å². The van der Waals surface area contributed by atoms with Crippen LogP contribution in [0.2, 0.25) is 0 Å². The molecule has 1 saturated heterocycles. The molecule has 0 bridgehead atoms. The van der Waals surface area contributed by atoms with Crippen LogP contribution in [0.3, 0.4) is 0 Å². The maximum absolute atomic E-state index is 5.41. The lowest BCUT2D eigenvalue weighted by atomic mass is 9.93. The number of nitrogens with one attached hydrogen (secondary N) is 1. The summed E-state index contributed by atoms with van der Waals surface area (Å²) >= 11 is 5.20. The Morgan fingerprint density at radius 3 is 2.94 bits per heavy atom. The van der Waals surface area contributed by atoms with Gasteiger partial charge in [0.15, 0.2) is 5.13 Å². The molecular formula is C13H15BrN2OS. The highest BCUT2D eigenvalue weighted by atomic mass is 79.9. The van der Waals surface area contributed by atoms with E-state index in [1.54, 1.807) is 11.3 Å². The lowest BCUT2D eigenvalue weighted by Gasteiger charge is -2.34. The van der Waals surface area contributed by atoms with Gasteiger partial charge in [-0.05, 0) is 38.0 Å². The van der Waals surface area contributed by atoms with Crippen molar-refractivity contribution in [3.05, 3.63) is 22.7 Å². The molecule has 18 heavy (non-hydrogen) atoms. The second kappa shape index (κ2) is 4.79. The van der Waals surface area contributed by atoms with Gasteiger partial charge in [-0.3, -0.25) is 0 Å². The number of hydrogen-bond acceptors (Lipinski definition) is 4. The summed E-state index contributed by atoms with van der Waals surface area (Å²) in [5, 5.41) is 4.59. The van der Waals surface area contributed by atoms with Crippen LogP contribution in [-0.4, -0.2) is 23.7 Å². The molecule has 1 aliphatic rings. The van der Waals surface area contributed by atoms with Gasteiger partial charge in [0.25, 0.3) is 0 Å². The van der Waals surface area contributed by atoms with Crippen LogP contribution in [0, 0.1) is 0 Å². The van der Waals surface area contributed by atoms with Crippen molar-refractivity contribution in [1.82, 2.24) is 4.98 Å². The zero-order valence-corrected chi connectivity index (χ0v) is 12.6. The molecule has 5 heteroatoms. The highest BCUT2D eigenvalue weighted by Crippen LogP contribution is 2.32. The first kappa shape index (κ1) is 12.4. The first-order valence-electron chi connectivity index (χ1n) is 6.07. The monoisotopic (exact) mass is 326 g/mol. The van der Waals surface area contributed by atoms with Crippen molar-refractivity contribution in [2.45, 2.75) is 25.3 Å². The topological polar surface area (TPSA) is 34.2 Å². The minimum Gasteiger partial charge on any atom is -0.381 e. The Labute approximate surface area is 119 Å². The lowest BCUT2D eigenvalue weighted by molar-refractivity contribution is 0.0658. The van der Waals surface area contributed by atoms with E-state index >= 15 is 0 Å². The Hall–Kier alpha value is -0.650. The Morgan fingerprint density at radius 2 is 2.17 bits per heavy atom. The molecule has 2 aromatic rings. The van der Waals surface area contributed by atoms with E-state index in [0.717, 1.165) is 41.2 Å². The van der Waals surface area contributed by atoms with Gasteiger partial charge in [0.1, 0.15) is 0 Å². The minimum atomic E-state index is 0.114. The number of hydrogen-bond donors (Lipinski definition) is 1. The fourth-order valence-corrected chi connectivity index (χ4v) is 3.72. The number of rotatable bonds is 2. The molecule has 3 rings (SSSR count). The van der Waals surface area contributed by atoms with Crippen LogP contribution in [0.15, 0.2) is 22.7 Å². The summed E-state index contributed by atoms with van der Waals surface area (Å²) in [6.07, 6.45) is 2.07. The van der Waals surface area contributed by atoms with E-state index in [4.69, 9.17) is 4.74 Å². The molecule has 0 aliphatic carbocycles. The highest BCUT2D eigenvalue weighted by molar-refractivity contribution is 9.10. The quantitative estimate of drug-likeness (QED) is 0.904. The number of nitrogens with zero attached hydrogens (tertiary/aromatic N) is 1. The van der Waals surface area contributed by atoms with E-state index in [0.29, 0.717) is 0 Å². The van der Waals surface area contributed by atoms with Crippen molar-refractivity contribution in [1.29, 1.82) is 0 Å². The maximum atomic E-state index is 5.41. The first-order valence-corrected chi connectivity index (χ1v) is 7.68. The van der Waals surface area contributed by atoms with Gasteiger partial charge < -0.3 is 10.1 Å². The molecule has 1 aromatic carbocycles. The number of fused-ring (bicyclic) bond motifs is 1. The van der Waals surface area contributed by atoms with Crippen molar-refractivity contribution < 1.29 is 4.74 Å². The first-order chi connectivity index (χ1) is 8.65. The zero-order valence-electron chi connectivity index (χ0n) is 10.2. The van der Waals surface area contributed by atoms with E-state index in [9.17, 15) is 0 Å². The third kappa shape index (κ3) is 2.53. The number of benzene rings is 1. The van der Waals surface area contributed by atoms with Gasteiger partial charge in [0.2, 0.25) is 0 Å². The molecule has 3 nitrogen and oxygen atoms in total. The molecule has 0 atom stereocenters. The molecule has 0 saturated carbocycles. The third-order valence-corrected chi connectivity index (χ3v) is 4.78. The Kier molecular flexibility index (Phi) is 3.30. The predicted molar refractivity (Wildman–Crippen MR) is 79.4 cm³/mol. The molecule has 1 N–H and O–H groups in total. The van der Waals surface area contributed by atoms with E-state index in [1.807, 2.05) is 12.1 Å². The van der Waals surface area contributed by atoms with Crippen LogP contribution in [0.1, 0.15) is 19.8 Å². The molecule has 0 unspecified atom stereocenters. The molecular weight excluding hydrogens is 312 g/mol. The number of ether oxygens (including phenoxy) is 1. The molecule has 0 radical (unpaired) electrons. The van der Waals surface area contributed by atoms with Crippen LogP contribution in [0.5, 0.6) is 0 Å². The van der Waals surface area contributed by atoms with E-state index in [1.165, 1.54) is 4.70 Å².